The molecule has 0 saturated carbocycles. The Morgan fingerprint density at radius 1 is 1.00 bits per heavy atom. The number of nitrogens with zero attached hydrogens (tertiary/aromatic N) is 3. The Kier molecular flexibility index (Phi) is 8.10. The first kappa shape index (κ1) is 22.1. The van der Waals surface area contributed by atoms with Crippen LogP contribution >= 0.6 is 11.8 Å². The molecule has 0 atom stereocenters. The highest BCUT2D eigenvalue weighted by Gasteiger charge is 2.21. The normalized spacial score (nSPS) is 11.3. The van der Waals surface area contributed by atoms with Crippen molar-refractivity contribution in [2.75, 3.05) is 12.4 Å². The predicted octanol–water partition coefficient (Wildman–Crippen LogP) is 4.39. The van der Waals surface area contributed by atoms with Gasteiger partial charge in [0.25, 0.3) is 0 Å². The average Bonchev–Trinajstić information content (AvgIpc) is 3.13. The van der Waals surface area contributed by atoms with Crippen LogP contribution in [0.5, 0.6) is 5.75 Å². The van der Waals surface area contributed by atoms with Gasteiger partial charge in [-0.15, -0.1) is 16.8 Å². The Labute approximate surface area is 181 Å². The molecule has 0 N–H and O–H groups in total. The van der Waals surface area contributed by atoms with Crippen molar-refractivity contribution in [1.29, 1.82) is 0 Å². The van der Waals surface area contributed by atoms with Crippen LogP contribution in [0.4, 0.5) is 0 Å². The number of hydrogen-bond acceptors (Lipinski definition) is 6. The molecule has 0 bridgehead atoms. The van der Waals surface area contributed by atoms with Crippen LogP contribution in [0.3, 0.4) is 0 Å². The van der Waals surface area contributed by atoms with E-state index in [-0.39, 0.29) is 10.6 Å². The third kappa shape index (κ3) is 6.21. The summed E-state index contributed by atoms with van der Waals surface area (Å²) in [4.78, 5) is 0.283. The topological polar surface area (TPSA) is 74.1 Å². The van der Waals surface area contributed by atoms with Crippen LogP contribution in [-0.2, 0) is 22.1 Å². The van der Waals surface area contributed by atoms with E-state index >= 15 is 0 Å². The number of ether oxygens (including phenoxy) is 1. The lowest BCUT2D eigenvalue weighted by Gasteiger charge is -2.09. The van der Waals surface area contributed by atoms with E-state index in [2.05, 4.69) is 16.8 Å². The number of sulfone groups is 1. The van der Waals surface area contributed by atoms with Gasteiger partial charge in [0.1, 0.15) is 17.3 Å². The smallest absolute Gasteiger partial charge is 0.191 e. The largest absolute Gasteiger partial charge is 0.494 e. The lowest BCUT2D eigenvalue weighted by Crippen LogP contribution is -2.11. The molecule has 0 aliphatic rings. The number of thioether (sulfide) groups is 1. The molecule has 6 nitrogen and oxygen atoms in total. The number of para-hydroxylation sites is 1. The van der Waals surface area contributed by atoms with Gasteiger partial charge in [-0.05, 0) is 37.1 Å². The number of rotatable bonds is 12. The first-order valence-electron chi connectivity index (χ1n) is 9.71. The van der Waals surface area contributed by atoms with E-state index in [4.69, 9.17) is 4.74 Å². The molecule has 0 saturated heterocycles. The quantitative estimate of drug-likeness (QED) is 0.235. The van der Waals surface area contributed by atoms with Gasteiger partial charge in [-0.25, -0.2) is 8.42 Å². The maximum absolute atomic E-state index is 12.7. The molecule has 8 heteroatoms. The highest BCUT2D eigenvalue weighted by atomic mass is 32.2. The highest BCUT2D eigenvalue weighted by molar-refractivity contribution is 7.99. The number of benzene rings is 2. The van der Waals surface area contributed by atoms with Crippen molar-refractivity contribution in [2.45, 2.75) is 35.2 Å². The Hall–Kier alpha value is -2.58. The van der Waals surface area contributed by atoms with Gasteiger partial charge in [0.2, 0.25) is 0 Å². The van der Waals surface area contributed by atoms with Crippen molar-refractivity contribution in [3.8, 4) is 5.75 Å². The van der Waals surface area contributed by atoms with Gasteiger partial charge in [0.15, 0.2) is 15.0 Å². The van der Waals surface area contributed by atoms with Gasteiger partial charge in [-0.2, -0.15) is 0 Å². The molecule has 0 aliphatic heterocycles. The highest BCUT2D eigenvalue weighted by Crippen LogP contribution is 2.22. The molecule has 0 amide bonds. The van der Waals surface area contributed by atoms with Crippen molar-refractivity contribution in [3.63, 3.8) is 0 Å². The van der Waals surface area contributed by atoms with Crippen LogP contribution in [0, 0.1) is 0 Å². The molecule has 0 spiro atoms. The third-order valence-electron chi connectivity index (χ3n) is 4.31. The minimum atomic E-state index is -3.48. The zero-order valence-corrected chi connectivity index (χ0v) is 18.3. The van der Waals surface area contributed by atoms with E-state index in [1.807, 2.05) is 34.9 Å². The lowest BCUT2D eigenvalue weighted by atomic mass is 10.3. The minimum absolute atomic E-state index is 0.191. The van der Waals surface area contributed by atoms with E-state index in [1.54, 1.807) is 48.2 Å². The summed E-state index contributed by atoms with van der Waals surface area (Å²) in [5.74, 6) is 1.95. The average molecular weight is 444 g/mol. The summed E-state index contributed by atoms with van der Waals surface area (Å²) < 4.78 is 32.9. The second kappa shape index (κ2) is 11.0. The van der Waals surface area contributed by atoms with Crippen molar-refractivity contribution >= 4 is 21.6 Å². The van der Waals surface area contributed by atoms with Gasteiger partial charge in [-0.3, -0.25) is 0 Å². The van der Waals surface area contributed by atoms with Crippen molar-refractivity contribution in [3.05, 3.63) is 79.1 Å². The molecular formula is C22H25N3O3S2. The van der Waals surface area contributed by atoms with Crippen LogP contribution < -0.4 is 4.74 Å². The van der Waals surface area contributed by atoms with Crippen molar-refractivity contribution in [2.24, 2.45) is 0 Å². The Morgan fingerprint density at radius 2 is 1.70 bits per heavy atom. The van der Waals surface area contributed by atoms with Gasteiger partial charge in [0.05, 0.1) is 11.5 Å². The van der Waals surface area contributed by atoms with Crippen LogP contribution in [0.25, 0.3) is 0 Å². The molecule has 0 radical (unpaired) electrons. The molecule has 2 aromatic carbocycles. The summed E-state index contributed by atoms with van der Waals surface area (Å²) >= 11 is 1.57. The Morgan fingerprint density at radius 3 is 2.40 bits per heavy atom. The summed E-state index contributed by atoms with van der Waals surface area (Å²) in [6.45, 7) is 4.89. The van der Waals surface area contributed by atoms with Crippen molar-refractivity contribution < 1.29 is 13.2 Å². The zero-order valence-electron chi connectivity index (χ0n) is 16.7. The predicted molar refractivity (Wildman–Crippen MR) is 119 cm³/mol. The molecule has 3 aromatic rings. The first-order valence-corrected chi connectivity index (χ1v) is 12.4. The fourth-order valence-electron chi connectivity index (χ4n) is 2.80. The zero-order chi connectivity index (χ0) is 21.2. The summed E-state index contributed by atoms with van der Waals surface area (Å²) in [6, 6.07) is 18.2. The standard InChI is InChI=1S/C22H25N3O3S2/c1-2-15-25-21(18-30(26,27)20-13-7-4-8-14-20)23-24-22(25)29-17-10-9-16-28-19-11-5-3-6-12-19/h2-8,11-14H,1,9-10,15-18H2. The maximum atomic E-state index is 12.7. The third-order valence-corrected chi connectivity index (χ3v) is 6.99. The monoisotopic (exact) mass is 443 g/mol. The van der Waals surface area contributed by atoms with E-state index in [0.717, 1.165) is 24.3 Å². The van der Waals surface area contributed by atoms with Gasteiger partial charge in [-0.1, -0.05) is 54.2 Å². The lowest BCUT2D eigenvalue weighted by molar-refractivity contribution is 0.310. The number of unbranched alkanes of at least 4 members (excludes halogenated alkanes) is 1. The first-order chi connectivity index (χ1) is 14.6. The number of allylic oxidation sites excluding steroid dienone is 1. The van der Waals surface area contributed by atoms with E-state index in [0.29, 0.717) is 24.1 Å². The maximum Gasteiger partial charge on any atom is 0.191 e. The Bertz CT molecular complexity index is 1040. The molecule has 0 aliphatic carbocycles. The molecule has 158 valence electrons. The summed E-state index contributed by atoms with van der Waals surface area (Å²) in [7, 11) is -3.48. The minimum Gasteiger partial charge on any atom is -0.494 e. The van der Waals surface area contributed by atoms with E-state index in [1.165, 1.54) is 0 Å². The van der Waals surface area contributed by atoms with Crippen LogP contribution in [0.1, 0.15) is 18.7 Å². The Balaban J connectivity index is 1.54. The second-order valence-corrected chi connectivity index (χ2v) is 9.64. The van der Waals surface area contributed by atoms with Gasteiger partial charge in [0, 0.05) is 12.3 Å². The van der Waals surface area contributed by atoms with Crippen LogP contribution in [0.2, 0.25) is 0 Å². The van der Waals surface area contributed by atoms with Gasteiger partial charge < -0.3 is 9.30 Å². The van der Waals surface area contributed by atoms with Crippen LogP contribution in [-0.4, -0.2) is 35.5 Å². The molecule has 0 unspecified atom stereocenters. The molecule has 1 heterocycles. The second-order valence-electron chi connectivity index (χ2n) is 6.59. The molecule has 3 rings (SSSR count). The van der Waals surface area contributed by atoms with Crippen molar-refractivity contribution in [1.82, 2.24) is 14.8 Å². The van der Waals surface area contributed by atoms with Gasteiger partial charge >= 0.3 is 0 Å². The number of hydrogen-bond donors (Lipinski definition) is 0. The van der Waals surface area contributed by atoms with Crippen LogP contribution in [0.15, 0.2) is 83.4 Å². The molecule has 1 aromatic heterocycles. The fourth-order valence-corrected chi connectivity index (χ4v) is 5.06. The summed E-state index contributed by atoms with van der Waals surface area (Å²) in [5.41, 5.74) is 0. The number of aromatic nitrogens is 3. The fraction of sp³-hybridized carbons (Fsp3) is 0.273. The SMILES string of the molecule is C=CCn1c(CS(=O)(=O)c2ccccc2)nnc1SCCCCOc1ccccc1. The molecule has 30 heavy (non-hydrogen) atoms. The van der Waals surface area contributed by atoms with E-state index < -0.39 is 9.84 Å². The molecule has 0 fully saturated rings. The summed E-state index contributed by atoms with van der Waals surface area (Å²) in [6.07, 6.45) is 3.60. The van der Waals surface area contributed by atoms with E-state index in [9.17, 15) is 8.42 Å². The summed E-state index contributed by atoms with van der Waals surface area (Å²) in [5, 5.41) is 9.06. The molecular weight excluding hydrogens is 418 g/mol.